The van der Waals surface area contributed by atoms with Crippen LogP contribution in [0.15, 0.2) is 18.2 Å². The first-order valence-electron chi connectivity index (χ1n) is 7.37. The van der Waals surface area contributed by atoms with E-state index in [0.29, 0.717) is 17.9 Å². The topological polar surface area (TPSA) is 26.7 Å². The fourth-order valence-corrected chi connectivity index (χ4v) is 4.65. The summed E-state index contributed by atoms with van der Waals surface area (Å²) in [4.78, 5) is 4.78. The number of aliphatic hydroxyl groups excluding tert-OH is 1. The molecule has 1 N–H and O–H groups in total. The van der Waals surface area contributed by atoms with Gasteiger partial charge in [-0.1, -0.05) is 12.1 Å². The Morgan fingerprint density at radius 1 is 1.16 bits per heavy atom. The quantitative estimate of drug-likeness (QED) is 0.768. The summed E-state index contributed by atoms with van der Waals surface area (Å²) >= 11 is 0. The second-order valence-corrected chi connectivity index (χ2v) is 6.60. The van der Waals surface area contributed by atoms with Gasteiger partial charge < -0.3 is 14.9 Å². The number of nitrogens with zero attached hydrogens (tertiary/aromatic N) is 2. The number of anilines is 1. The largest absolute Gasteiger partial charge is 0.392 e. The van der Waals surface area contributed by atoms with Gasteiger partial charge in [-0.3, -0.25) is 0 Å². The van der Waals surface area contributed by atoms with Gasteiger partial charge in [-0.25, -0.2) is 0 Å². The summed E-state index contributed by atoms with van der Waals surface area (Å²) in [6.45, 7) is 1.99. The van der Waals surface area contributed by atoms with Crippen LogP contribution >= 0.6 is 0 Å². The molecule has 102 valence electrons. The van der Waals surface area contributed by atoms with E-state index in [1.54, 1.807) is 5.56 Å². The number of hydrogen-bond acceptors (Lipinski definition) is 3. The Kier molecular flexibility index (Phi) is 2.45. The van der Waals surface area contributed by atoms with Crippen LogP contribution < -0.4 is 4.90 Å². The number of benzene rings is 1. The van der Waals surface area contributed by atoms with Gasteiger partial charge in [0.25, 0.3) is 0 Å². The summed E-state index contributed by atoms with van der Waals surface area (Å²) in [6.07, 6.45) is 2.02. The molecular formula is C16H22N2O. The summed E-state index contributed by atoms with van der Waals surface area (Å²) in [5.41, 5.74) is 4.51. The minimum absolute atomic E-state index is 0.169. The van der Waals surface area contributed by atoms with Gasteiger partial charge >= 0.3 is 0 Å². The molecule has 0 amide bonds. The number of hydrogen-bond donors (Lipinski definition) is 1. The Balaban J connectivity index is 1.83. The van der Waals surface area contributed by atoms with Crippen LogP contribution in [-0.4, -0.2) is 49.3 Å². The van der Waals surface area contributed by atoms with Crippen LogP contribution in [0.25, 0.3) is 0 Å². The zero-order valence-electron chi connectivity index (χ0n) is 11.7. The average Bonchev–Trinajstić information content (AvgIpc) is 2.70. The summed E-state index contributed by atoms with van der Waals surface area (Å²) in [5, 5.41) is 10.1. The molecule has 0 saturated carbocycles. The summed E-state index contributed by atoms with van der Waals surface area (Å²) < 4.78 is 0. The Hall–Kier alpha value is -1.06. The molecule has 1 aromatic rings. The number of aliphatic hydroxyl groups is 1. The summed E-state index contributed by atoms with van der Waals surface area (Å²) in [6, 6.07) is 7.36. The molecule has 0 spiro atoms. The summed E-state index contributed by atoms with van der Waals surface area (Å²) in [7, 11) is 4.38. The van der Waals surface area contributed by atoms with Crippen LogP contribution in [0, 0.1) is 0 Å². The number of likely N-dealkylation sites (tertiary alicyclic amines) is 1. The van der Waals surface area contributed by atoms with Crippen LogP contribution in [-0.2, 0) is 0 Å². The lowest BCUT2D eigenvalue weighted by Gasteiger charge is -2.46. The van der Waals surface area contributed by atoms with Gasteiger partial charge in [-0.15, -0.1) is 0 Å². The fourth-order valence-electron chi connectivity index (χ4n) is 4.65. The zero-order valence-corrected chi connectivity index (χ0v) is 11.7. The molecule has 0 aromatic heterocycles. The van der Waals surface area contributed by atoms with Crippen molar-refractivity contribution in [2.45, 2.75) is 36.8 Å². The van der Waals surface area contributed by atoms with E-state index in [1.165, 1.54) is 17.7 Å². The lowest BCUT2D eigenvalue weighted by Crippen LogP contribution is -2.50. The molecule has 0 bridgehead atoms. The molecule has 2 aliphatic heterocycles. The molecule has 3 aliphatic rings. The molecule has 3 heteroatoms. The average molecular weight is 258 g/mol. The molecule has 4 atom stereocenters. The molecule has 1 fully saturated rings. The Labute approximate surface area is 114 Å². The lowest BCUT2D eigenvalue weighted by molar-refractivity contribution is 0.0272. The third kappa shape index (κ3) is 1.58. The van der Waals surface area contributed by atoms with Crippen LogP contribution in [0.2, 0.25) is 0 Å². The van der Waals surface area contributed by atoms with E-state index in [4.69, 9.17) is 0 Å². The van der Waals surface area contributed by atoms with E-state index in [2.05, 4.69) is 42.1 Å². The third-order valence-corrected chi connectivity index (χ3v) is 5.41. The second kappa shape index (κ2) is 3.97. The van der Waals surface area contributed by atoms with Crippen molar-refractivity contribution < 1.29 is 5.11 Å². The first-order chi connectivity index (χ1) is 9.15. The van der Waals surface area contributed by atoms with E-state index in [-0.39, 0.29) is 6.10 Å². The SMILES string of the molecule is CN1C[C@H]2C[C@H]3[C@H](C[C@H](O)CN3C)c3cccc1c32. The molecular weight excluding hydrogens is 236 g/mol. The van der Waals surface area contributed by atoms with Gasteiger partial charge in [0, 0.05) is 43.7 Å². The number of fused-ring (bicyclic) bond motifs is 2. The van der Waals surface area contributed by atoms with E-state index < -0.39 is 0 Å². The van der Waals surface area contributed by atoms with Crippen molar-refractivity contribution >= 4 is 5.69 Å². The minimum atomic E-state index is -0.169. The van der Waals surface area contributed by atoms with Crippen LogP contribution in [0.5, 0.6) is 0 Å². The fraction of sp³-hybridized carbons (Fsp3) is 0.625. The highest BCUT2D eigenvalue weighted by Gasteiger charge is 2.44. The number of piperidine rings is 1. The Morgan fingerprint density at radius 2 is 2.00 bits per heavy atom. The van der Waals surface area contributed by atoms with Crippen LogP contribution in [0.1, 0.15) is 35.8 Å². The highest BCUT2D eigenvalue weighted by molar-refractivity contribution is 5.64. The van der Waals surface area contributed by atoms with Gasteiger partial charge in [-0.05, 0) is 37.1 Å². The van der Waals surface area contributed by atoms with Crippen molar-refractivity contribution in [2.75, 3.05) is 32.1 Å². The van der Waals surface area contributed by atoms with Gasteiger partial charge in [0.1, 0.15) is 0 Å². The molecule has 4 rings (SSSR count). The van der Waals surface area contributed by atoms with Crippen molar-refractivity contribution in [1.82, 2.24) is 4.90 Å². The predicted molar refractivity (Wildman–Crippen MR) is 76.9 cm³/mol. The Bertz CT molecular complexity index is 515. The standard InChI is InChI=1S/C16H22N2O/c1-17-8-10-6-15-13(7-11(19)9-18(15)2)12-4-3-5-14(17)16(10)12/h3-5,10-11,13,15,19H,6-9H2,1-2H3/t10-,11+,13-,15+/m1/s1. The Morgan fingerprint density at radius 3 is 2.84 bits per heavy atom. The molecule has 0 radical (unpaired) electrons. The van der Waals surface area contributed by atoms with E-state index >= 15 is 0 Å². The predicted octanol–water partition coefficient (Wildman–Crippen LogP) is 1.77. The van der Waals surface area contributed by atoms with Gasteiger partial charge in [0.05, 0.1) is 6.10 Å². The van der Waals surface area contributed by atoms with E-state index in [0.717, 1.165) is 19.5 Å². The summed E-state index contributed by atoms with van der Waals surface area (Å²) in [5.74, 6) is 1.21. The van der Waals surface area contributed by atoms with Crippen molar-refractivity contribution in [3.8, 4) is 0 Å². The monoisotopic (exact) mass is 258 g/mol. The van der Waals surface area contributed by atoms with Crippen LogP contribution in [0.4, 0.5) is 5.69 Å². The van der Waals surface area contributed by atoms with Gasteiger partial charge in [-0.2, -0.15) is 0 Å². The maximum atomic E-state index is 10.1. The second-order valence-electron chi connectivity index (χ2n) is 6.60. The molecule has 1 saturated heterocycles. The van der Waals surface area contributed by atoms with Gasteiger partial charge in [0.2, 0.25) is 0 Å². The first-order valence-corrected chi connectivity index (χ1v) is 7.37. The van der Waals surface area contributed by atoms with E-state index in [9.17, 15) is 5.11 Å². The normalized spacial score (nSPS) is 37.1. The molecule has 0 unspecified atom stereocenters. The third-order valence-electron chi connectivity index (χ3n) is 5.41. The highest BCUT2D eigenvalue weighted by atomic mass is 16.3. The maximum Gasteiger partial charge on any atom is 0.0673 e. The van der Waals surface area contributed by atoms with E-state index in [1.807, 2.05) is 0 Å². The van der Waals surface area contributed by atoms with Crippen molar-refractivity contribution in [2.24, 2.45) is 0 Å². The number of rotatable bonds is 0. The van der Waals surface area contributed by atoms with Crippen molar-refractivity contribution in [3.05, 3.63) is 29.3 Å². The number of likely N-dealkylation sites (N-methyl/N-ethyl adjacent to an activating group) is 2. The molecule has 1 aromatic carbocycles. The van der Waals surface area contributed by atoms with Gasteiger partial charge in [0.15, 0.2) is 0 Å². The molecule has 2 heterocycles. The number of β-amino-alcohol motifs (C(OH)–C–C–N with tert-alkyl or cyclic N) is 1. The molecule has 19 heavy (non-hydrogen) atoms. The first kappa shape index (κ1) is 11.7. The zero-order chi connectivity index (χ0) is 13.1. The molecule has 3 nitrogen and oxygen atoms in total. The van der Waals surface area contributed by atoms with Crippen molar-refractivity contribution in [1.29, 1.82) is 0 Å². The molecule has 1 aliphatic carbocycles. The lowest BCUT2D eigenvalue weighted by atomic mass is 9.70. The maximum absolute atomic E-state index is 10.1. The van der Waals surface area contributed by atoms with Crippen LogP contribution in [0.3, 0.4) is 0 Å². The minimum Gasteiger partial charge on any atom is -0.392 e. The van der Waals surface area contributed by atoms with Crippen molar-refractivity contribution in [3.63, 3.8) is 0 Å². The smallest absolute Gasteiger partial charge is 0.0673 e. The highest BCUT2D eigenvalue weighted by Crippen LogP contribution is 2.51.